The van der Waals surface area contributed by atoms with Crippen LogP contribution in [-0.2, 0) is 14.4 Å². The van der Waals surface area contributed by atoms with Crippen LogP contribution >= 0.6 is 0 Å². The first-order valence-corrected chi connectivity index (χ1v) is 18.3. The minimum atomic E-state index is -1.91. The van der Waals surface area contributed by atoms with Crippen molar-refractivity contribution in [3.05, 3.63) is 0 Å². The van der Waals surface area contributed by atoms with E-state index in [1.165, 1.54) is 154 Å². The van der Waals surface area contributed by atoms with Gasteiger partial charge in [0, 0.05) is 6.42 Å². The molecule has 0 aliphatic heterocycles. The van der Waals surface area contributed by atoms with Gasteiger partial charge in [0.05, 0.1) is 6.61 Å². The minimum Gasteiger partial charge on any atom is -0.477 e. The zero-order chi connectivity index (χ0) is 30.1. The van der Waals surface area contributed by atoms with Crippen LogP contribution in [0, 0.1) is 0 Å². The van der Waals surface area contributed by atoms with Crippen molar-refractivity contribution in [1.29, 1.82) is 0 Å². The maximum Gasteiger partial charge on any atom is 0.367 e. The first-order valence-electron chi connectivity index (χ1n) is 18.3. The van der Waals surface area contributed by atoms with Crippen molar-refractivity contribution in [2.24, 2.45) is 0 Å². The highest BCUT2D eigenvalue weighted by atomic mass is 17.1. The minimum absolute atomic E-state index is 0.190. The zero-order valence-corrected chi connectivity index (χ0v) is 27.7. The molecule has 0 rings (SSSR count). The SMILES string of the molecule is CCCCCCCCCCCCCCCCCCOC(CCCCCCCCCCCCCCCC)(OO)C(=O)O. The molecule has 5 nitrogen and oxygen atoms in total. The van der Waals surface area contributed by atoms with Gasteiger partial charge < -0.3 is 9.84 Å². The highest BCUT2D eigenvalue weighted by Crippen LogP contribution is 2.23. The third kappa shape index (κ3) is 26.7. The van der Waals surface area contributed by atoms with Gasteiger partial charge in [-0.25, -0.2) is 10.1 Å². The first-order chi connectivity index (χ1) is 20.1. The molecule has 0 saturated heterocycles. The van der Waals surface area contributed by atoms with E-state index in [-0.39, 0.29) is 6.42 Å². The Hall–Kier alpha value is -0.650. The van der Waals surface area contributed by atoms with Crippen molar-refractivity contribution < 1.29 is 24.8 Å². The Morgan fingerprint density at radius 3 is 1.00 bits per heavy atom. The molecule has 0 aromatic heterocycles. The normalized spacial score (nSPS) is 13.0. The zero-order valence-electron chi connectivity index (χ0n) is 27.7. The lowest BCUT2D eigenvalue weighted by molar-refractivity contribution is -0.392. The summed E-state index contributed by atoms with van der Waals surface area (Å²) in [6.07, 6.45) is 38.3. The summed E-state index contributed by atoms with van der Waals surface area (Å²) in [5.74, 6) is -3.14. The molecular formula is C36H72O5. The number of carboxylic acid groups (broad SMARTS) is 1. The summed E-state index contributed by atoms with van der Waals surface area (Å²) in [5.41, 5.74) is 0. The Labute approximate surface area is 255 Å². The monoisotopic (exact) mass is 585 g/mol. The van der Waals surface area contributed by atoms with Gasteiger partial charge in [-0.05, 0) is 12.8 Å². The van der Waals surface area contributed by atoms with Crippen LogP contribution in [0.25, 0.3) is 0 Å². The number of hydrogen-bond acceptors (Lipinski definition) is 4. The molecule has 0 heterocycles. The van der Waals surface area contributed by atoms with Crippen LogP contribution in [0.15, 0.2) is 0 Å². The van der Waals surface area contributed by atoms with Crippen molar-refractivity contribution >= 4 is 5.97 Å². The molecule has 1 atom stereocenters. The lowest BCUT2D eigenvalue weighted by Gasteiger charge is -2.26. The first kappa shape index (κ1) is 40.4. The molecule has 0 aromatic rings. The molecule has 0 aliphatic rings. The van der Waals surface area contributed by atoms with E-state index in [0.29, 0.717) is 13.0 Å². The van der Waals surface area contributed by atoms with Gasteiger partial charge in [0.1, 0.15) is 0 Å². The number of rotatable bonds is 35. The fourth-order valence-corrected chi connectivity index (χ4v) is 5.79. The van der Waals surface area contributed by atoms with Crippen molar-refractivity contribution in [2.75, 3.05) is 6.61 Å². The van der Waals surface area contributed by atoms with Gasteiger partial charge in [-0.1, -0.05) is 194 Å². The standard InChI is InChI=1S/C36H72O5/c1-3-5-7-9-11-13-15-17-19-20-22-24-26-28-30-32-34-40-36(41-39,35(37)38)33-31-29-27-25-23-21-18-16-14-12-10-8-6-4-2/h39H,3-34H2,1-2H3,(H,37,38). The van der Waals surface area contributed by atoms with Crippen LogP contribution in [0.2, 0.25) is 0 Å². The summed E-state index contributed by atoms with van der Waals surface area (Å²) in [6.45, 7) is 4.85. The molecule has 0 spiro atoms. The maximum atomic E-state index is 11.8. The number of carbonyl (C=O) groups is 1. The third-order valence-electron chi connectivity index (χ3n) is 8.67. The average molecular weight is 585 g/mol. The summed E-state index contributed by atoms with van der Waals surface area (Å²) in [4.78, 5) is 16.2. The van der Waals surface area contributed by atoms with Crippen molar-refractivity contribution in [2.45, 2.75) is 219 Å². The van der Waals surface area contributed by atoms with Gasteiger partial charge in [0.2, 0.25) is 0 Å². The van der Waals surface area contributed by atoms with E-state index < -0.39 is 11.8 Å². The average Bonchev–Trinajstić information content (AvgIpc) is 2.97. The highest BCUT2D eigenvalue weighted by Gasteiger charge is 2.41. The number of ether oxygens (including phenoxy) is 1. The Morgan fingerprint density at radius 2 is 0.732 bits per heavy atom. The van der Waals surface area contributed by atoms with Crippen molar-refractivity contribution in [1.82, 2.24) is 0 Å². The molecule has 5 heteroatoms. The summed E-state index contributed by atoms with van der Waals surface area (Å²) >= 11 is 0. The van der Waals surface area contributed by atoms with E-state index in [4.69, 9.17) is 4.74 Å². The van der Waals surface area contributed by atoms with Crippen LogP contribution in [0.4, 0.5) is 0 Å². The summed E-state index contributed by atoms with van der Waals surface area (Å²) in [6, 6.07) is 0. The number of hydrogen-bond donors (Lipinski definition) is 2. The van der Waals surface area contributed by atoms with Crippen LogP contribution in [-0.4, -0.2) is 28.7 Å². The molecule has 0 radical (unpaired) electrons. The fourth-order valence-electron chi connectivity index (χ4n) is 5.79. The van der Waals surface area contributed by atoms with E-state index >= 15 is 0 Å². The van der Waals surface area contributed by atoms with Gasteiger partial charge in [0.25, 0.3) is 5.79 Å². The van der Waals surface area contributed by atoms with E-state index in [0.717, 1.165) is 32.1 Å². The molecule has 0 aliphatic carbocycles. The lowest BCUT2D eigenvalue weighted by Crippen LogP contribution is -2.44. The molecule has 0 fully saturated rings. The van der Waals surface area contributed by atoms with E-state index in [2.05, 4.69) is 18.7 Å². The number of aliphatic carboxylic acids is 1. The molecule has 0 saturated carbocycles. The maximum absolute atomic E-state index is 11.8. The Kier molecular flexibility index (Phi) is 31.8. The summed E-state index contributed by atoms with van der Waals surface area (Å²) in [5, 5.41) is 19.0. The van der Waals surface area contributed by atoms with Gasteiger partial charge in [0.15, 0.2) is 0 Å². The van der Waals surface area contributed by atoms with Crippen molar-refractivity contribution in [3.8, 4) is 0 Å². The molecule has 2 N–H and O–H groups in total. The Morgan fingerprint density at radius 1 is 0.463 bits per heavy atom. The molecule has 41 heavy (non-hydrogen) atoms. The molecule has 0 amide bonds. The Balaban J connectivity index is 3.64. The molecule has 1 unspecified atom stereocenters. The van der Waals surface area contributed by atoms with Gasteiger partial charge in [-0.3, -0.25) is 0 Å². The van der Waals surface area contributed by atoms with Crippen LogP contribution in [0.3, 0.4) is 0 Å². The van der Waals surface area contributed by atoms with Gasteiger partial charge >= 0.3 is 5.97 Å². The summed E-state index contributed by atoms with van der Waals surface area (Å²) < 4.78 is 5.60. The lowest BCUT2D eigenvalue weighted by atomic mass is 10.0. The molecule has 246 valence electrons. The second kappa shape index (κ2) is 32.3. The molecular weight excluding hydrogens is 512 g/mol. The second-order valence-corrected chi connectivity index (χ2v) is 12.6. The quantitative estimate of drug-likeness (QED) is 0.0335. The predicted molar refractivity (Wildman–Crippen MR) is 175 cm³/mol. The van der Waals surface area contributed by atoms with Crippen LogP contribution in [0.1, 0.15) is 213 Å². The molecule has 0 bridgehead atoms. The van der Waals surface area contributed by atoms with Crippen LogP contribution < -0.4 is 0 Å². The largest absolute Gasteiger partial charge is 0.477 e. The fraction of sp³-hybridized carbons (Fsp3) is 0.972. The number of carboxylic acids is 1. The van der Waals surface area contributed by atoms with E-state index in [9.17, 15) is 15.2 Å². The van der Waals surface area contributed by atoms with Gasteiger partial charge in [-0.15, -0.1) is 0 Å². The van der Waals surface area contributed by atoms with Crippen molar-refractivity contribution in [3.63, 3.8) is 0 Å². The smallest absolute Gasteiger partial charge is 0.367 e. The second-order valence-electron chi connectivity index (χ2n) is 12.6. The summed E-state index contributed by atoms with van der Waals surface area (Å²) in [7, 11) is 0. The van der Waals surface area contributed by atoms with E-state index in [1.54, 1.807) is 0 Å². The third-order valence-corrected chi connectivity index (χ3v) is 8.67. The van der Waals surface area contributed by atoms with Crippen LogP contribution in [0.5, 0.6) is 0 Å². The topological polar surface area (TPSA) is 76.0 Å². The number of unbranched alkanes of at least 4 members (excludes halogenated alkanes) is 28. The Bertz CT molecular complexity index is 526. The highest BCUT2D eigenvalue weighted by molar-refractivity contribution is 5.75. The molecule has 0 aromatic carbocycles. The predicted octanol–water partition coefficient (Wildman–Crippen LogP) is 12.4. The van der Waals surface area contributed by atoms with E-state index in [1.807, 2.05) is 0 Å². The van der Waals surface area contributed by atoms with Gasteiger partial charge in [-0.2, -0.15) is 4.89 Å².